The molecule has 15 heavy (non-hydrogen) atoms. The first kappa shape index (κ1) is 10.9. The van der Waals surface area contributed by atoms with E-state index in [1.807, 2.05) is 0 Å². The maximum atomic E-state index is 12.3. The number of thiazole rings is 1. The number of rotatable bonds is 1. The second-order valence-electron chi connectivity index (χ2n) is 3.46. The third-order valence-corrected chi connectivity index (χ3v) is 3.31. The predicted octanol–water partition coefficient (Wildman–Crippen LogP) is 3.06. The Morgan fingerprint density at radius 3 is 2.53 bits per heavy atom. The van der Waals surface area contributed by atoms with E-state index in [9.17, 15) is 13.2 Å². The summed E-state index contributed by atoms with van der Waals surface area (Å²) in [6.07, 6.45) is -2.78. The molecule has 1 saturated heterocycles. The molecule has 1 aliphatic heterocycles. The molecule has 0 N–H and O–H groups in total. The summed E-state index contributed by atoms with van der Waals surface area (Å²) < 4.78 is 42.0. The van der Waals surface area contributed by atoms with Gasteiger partial charge in [-0.1, -0.05) is 0 Å². The van der Waals surface area contributed by atoms with Gasteiger partial charge in [-0.25, -0.2) is 4.98 Å². The molecule has 1 aromatic heterocycles. The molecule has 0 aliphatic carbocycles. The molecule has 2 nitrogen and oxygen atoms in total. The normalized spacial score (nSPS) is 19.4. The van der Waals surface area contributed by atoms with Crippen molar-refractivity contribution in [3.63, 3.8) is 0 Å². The zero-order valence-electron chi connectivity index (χ0n) is 7.88. The molecule has 2 rings (SSSR count). The van der Waals surface area contributed by atoms with Crippen LogP contribution in [-0.2, 0) is 10.9 Å². The second-order valence-corrected chi connectivity index (χ2v) is 4.32. The van der Waals surface area contributed by atoms with Gasteiger partial charge in [-0.3, -0.25) is 0 Å². The fourth-order valence-electron chi connectivity index (χ4n) is 1.60. The smallest absolute Gasteiger partial charge is 0.381 e. The van der Waals surface area contributed by atoms with E-state index in [0.717, 1.165) is 12.8 Å². The van der Waals surface area contributed by atoms with Crippen molar-refractivity contribution in [2.75, 3.05) is 13.2 Å². The molecule has 0 atom stereocenters. The number of ether oxygens (including phenoxy) is 1. The Hall–Kier alpha value is -0.620. The first-order chi connectivity index (χ1) is 7.07. The molecule has 1 aliphatic rings. The molecule has 1 fully saturated rings. The van der Waals surface area contributed by atoms with E-state index < -0.39 is 11.2 Å². The first-order valence-electron chi connectivity index (χ1n) is 4.68. The van der Waals surface area contributed by atoms with Crippen molar-refractivity contribution in [1.29, 1.82) is 0 Å². The molecule has 0 saturated carbocycles. The summed E-state index contributed by atoms with van der Waals surface area (Å²) in [6, 6.07) is 0. The van der Waals surface area contributed by atoms with E-state index in [1.54, 1.807) is 0 Å². The Labute approximate surface area is 89.1 Å². The van der Waals surface area contributed by atoms with Crippen molar-refractivity contribution in [3.8, 4) is 0 Å². The van der Waals surface area contributed by atoms with Crippen LogP contribution in [0.1, 0.15) is 29.5 Å². The minimum absolute atomic E-state index is 0.131. The second kappa shape index (κ2) is 4.09. The van der Waals surface area contributed by atoms with Crippen LogP contribution in [0.25, 0.3) is 0 Å². The van der Waals surface area contributed by atoms with Gasteiger partial charge in [0.25, 0.3) is 0 Å². The van der Waals surface area contributed by atoms with Gasteiger partial charge in [0.05, 0.1) is 5.69 Å². The van der Waals surface area contributed by atoms with Crippen LogP contribution in [0.5, 0.6) is 0 Å². The molecule has 1 aromatic rings. The number of hydrogen-bond donors (Lipinski definition) is 0. The van der Waals surface area contributed by atoms with Gasteiger partial charge in [0, 0.05) is 24.5 Å². The van der Waals surface area contributed by atoms with E-state index in [0.29, 0.717) is 30.2 Å². The number of hydrogen-bond acceptors (Lipinski definition) is 3. The Morgan fingerprint density at radius 2 is 2.00 bits per heavy atom. The third-order valence-electron chi connectivity index (χ3n) is 2.40. The number of halogens is 3. The first-order valence-corrected chi connectivity index (χ1v) is 5.55. The van der Waals surface area contributed by atoms with Crippen molar-refractivity contribution in [2.24, 2.45) is 0 Å². The van der Waals surface area contributed by atoms with E-state index >= 15 is 0 Å². The highest BCUT2D eigenvalue weighted by molar-refractivity contribution is 7.09. The molecular weight excluding hydrogens is 227 g/mol. The summed E-state index contributed by atoms with van der Waals surface area (Å²) in [5.74, 6) is 0.131. The summed E-state index contributed by atoms with van der Waals surface area (Å²) >= 11 is 0.673. The van der Waals surface area contributed by atoms with Crippen LogP contribution in [0.4, 0.5) is 13.2 Å². The Balaban J connectivity index is 2.12. The van der Waals surface area contributed by atoms with Gasteiger partial charge in [0.2, 0.25) is 0 Å². The number of nitrogens with zero attached hydrogens (tertiary/aromatic N) is 1. The van der Waals surface area contributed by atoms with Crippen LogP contribution in [0.2, 0.25) is 0 Å². The van der Waals surface area contributed by atoms with Crippen molar-refractivity contribution >= 4 is 11.3 Å². The number of aromatic nitrogens is 1. The maximum Gasteiger partial charge on any atom is 0.443 e. The van der Waals surface area contributed by atoms with E-state index in [4.69, 9.17) is 4.74 Å². The molecule has 84 valence electrons. The van der Waals surface area contributed by atoms with Crippen molar-refractivity contribution in [2.45, 2.75) is 24.9 Å². The van der Waals surface area contributed by atoms with Crippen LogP contribution in [0.15, 0.2) is 5.38 Å². The Kier molecular flexibility index (Phi) is 2.97. The molecule has 0 aromatic carbocycles. The highest BCUT2D eigenvalue weighted by Gasteiger charge is 2.35. The van der Waals surface area contributed by atoms with E-state index in [-0.39, 0.29) is 5.92 Å². The summed E-state index contributed by atoms with van der Waals surface area (Å²) in [7, 11) is 0. The number of alkyl halides is 3. The van der Waals surface area contributed by atoms with E-state index in [2.05, 4.69) is 4.98 Å². The van der Waals surface area contributed by atoms with Crippen LogP contribution in [0, 0.1) is 0 Å². The lowest BCUT2D eigenvalue weighted by Crippen LogP contribution is -2.14. The third kappa shape index (κ3) is 2.49. The fraction of sp³-hybridized carbons (Fsp3) is 0.667. The zero-order valence-corrected chi connectivity index (χ0v) is 8.70. The zero-order chi connectivity index (χ0) is 10.9. The van der Waals surface area contributed by atoms with Gasteiger partial charge in [-0.15, -0.1) is 11.3 Å². The van der Waals surface area contributed by atoms with Crippen LogP contribution >= 0.6 is 11.3 Å². The average Bonchev–Trinajstić information content (AvgIpc) is 2.67. The summed E-state index contributed by atoms with van der Waals surface area (Å²) in [4.78, 5) is 3.64. The van der Waals surface area contributed by atoms with Gasteiger partial charge in [-0.2, -0.15) is 13.2 Å². The molecule has 0 radical (unpaired) electrons. The van der Waals surface area contributed by atoms with Gasteiger partial charge >= 0.3 is 6.18 Å². The van der Waals surface area contributed by atoms with Gasteiger partial charge < -0.3 is 4.74 Å². The highest BCUT2D eigenvalue weighted by atomic mass is 32.1. The highest BCUT2D eigenvalue weighted by Crippen LogP contribution is 2.35. The lowest BCUT2D eigenvalue weighted by molar-refractivity contribution is -0.137. The summed E-state index contributed by atoms with van der Waals surface area (Å²) in [5.41, 5.74) is 0.565. The minimum Gasteiger partial charge on any atom is -0.381 e. The van der Waals surface area contributed by atoms with Crippen molar-refractivity contribution < 1.29 is 17.9 Å². The summed E-state index contributed by atoms with van der Waals surface area (Å²) in [6.45, 7) is 1.23. The molecule has 0 bridgehead atoms. The van der Waals surface area contributed by atoms with Crippen LogP contribution in [0.3, 0.4) is 0 Å². The topological polar surface area (TPSA) is 22.1 Å². The maximum absolute atomic E-state index is 12.3. The lowest BCUT2D eigenvalue weighted by atomic mass is 9.98. The monoisotopic (exact) mass is 237 g/mol. The molecule has 2 heterocycles. The molecule has 0 unspecified atom stereocenters. The Morgan fingerprint density at radius 1 is 1.33 bits per heavy atom. The van der Waals surface area contributed by atoms with Crippen LogP contribution < -0.4 is 0 Å². The Bertz CT molecular complexity index is 330. The van der Waals surface area contributed by atoms with Gasteiger partial charge in [0.15, 0.2) is 5.01 Å². The van der Waals surface area contributed by atoms with E-state index in [1.165, 1.54) is 5.38 Å². The lowest BCUT2D eigenvalue weighted by Gasteiger charge is -2.19. The molecule has 6 heteroatoms. The van der Waals surface area contributed by atoms with Crippen molar-refractivity contribution in [3.05, 3.63) is 16.1 Å². The SMILES string of the molecule is FC(F)(F)c1nc(C2CCOCC2)cs1. The predicted molar refractivity (Wildman–Crippen MR) is 49.9 cm³/mol. The largest absolute Gasteiger partial charge is 0.443 e. The standard InChI is InChI=1S/C9H10F3NOS/c10-9(11,12)8-13-7(5-15-8)6-1-3-14-4-2-6/h5-6H,1-4H2. The minimum atomic E-state index is -4.31. The molecule has 0 spiro atoms. The quantitative estimate of drug-likeness (QED) is 0.749. The van der Waals surface area contributed by atoms with Gasteiger partial charge in [0.1, 0.15) is 0 Å². The fourth-order valence-corrected chi connectivity index (χ4v) is 2.37. The van der Waals surface area contributed by atoms with Crippen molar-refractivity contribution in [1.82, 2.24) is 4.98 Å². The molecule has 0 amide bonds. The molecular formula is C9H10F3NOS. The van der Waals surface area contributed by atoms with Gasteiger partial charge in [-0.05, 0) is 12.8 Å². The summed E-state index contributed by atoms with van der Waals surface area (Å²) in [5, 5.41) is 0.766. The van der Waals surface area contributed by atoms with Crippen LogP contribution in [-0.4, -0.2) is 18.2 Å². The average molecular weight is 237 g/mol.